The van der Waals surface area contributed by atoms with E-state index in [2.05, 4.69) is 5.32 Å². The van der Waals surface area contributed by atoms with E-state index in [-0.39, 0.29) is 22.2 Å². The molecule has 37 heavy (non-hydrogen) atoms. The molecule has 0 aliphatic heterocycles. The topological polar surface area (TPSA) is 86.8 Å². The third kappa shape index (κ3) is 6.96. The molecule has 3 rings (SSSR count). The molecular weight excluding hydrogens is 557 g/mol. The summed E-state index contributed by atoms with van der Waals surface area (Å²) in [6.45, 7) is 3.04. The van der Waals surface area contributed by atoms with Crippen LogP contribution in [0.4, 0.5) is 5.69 Å². The van der Waals surface area contributed by atoms with Gasteiger partial charge >= 0.3 is 0 Å². The molecule has 11 heteroatoms. The van der Waals surface area contributed by atoms with Crippen molar-refractivity contribution in [2.45, 2.75) is 31.3 Å². The molecule has 0 unspecified atom stereocenters. The first kappa shape index (κ1) is 28.8. The van der Waals surface area contributed by atoms with Crippen molar-refractivity contribution in [3.63, 3.8) is 0 Å². The lowest BCUT2D eigenvalue weighted by Gasteiger charge is -2.32. The van der Waals surface area contributed by atoms with Crippen LogP contribution in [-0.4, -0.2) is 44.3 Å². The second-order valence-electron chi connectivity index (χ2n) is 8.10. The van der Waals surface area contributed by atoms with Gasteiger partial charge in [0, 0.05) is 23.1 Å². The molecule has 0 radical (unpaired) electrons. The molecule has 0 aromatic heterocycles. The molecule has 1 N–H and O–H groups in total. The fourth-order valence-corrected chi connectivity index (χ4v) is 5.84. The smallest absolute Gasteiger partial charge is 0.264 e. The average molecular weight is 583 g/mol. The monoisotopic (exact) mass is 581 g/mol. The molecule has 0 saturated carbocycles. The van der Waals surface area contributed by atoms with Crippen molar-refractivity contribution in [2.24, 2.45) is 0 Å². The van der Waals surface area contributed by atoms with E-state index >= 15 is 0 Å². The van der Waals surface area contributed by atoms with Gasteiger partial charge in [-0.15, -0.1) is 0 Å². The molecule has 0 spiro atoms. The zero-order chi connectivity index (χ0) is 27.2. The van der Waals surface area contributed by atoms with Crippen LogP contribution in [0.1, 0.15) is 19.4 Å². The lowest BCUT2D eigenvalue weighted by molar-refractivity contribution is -0.139. The van der Waals surface area contributed by atoms with E-state index in [1.807, 2.05) is 0 Å². The number of anilines is 1. The van der Waals surface area contributed by atoms with Gasteiger partial charge < -0.3 is 10.2 Å². The zero-order valence-electron chi connectivity index (χ0n) is 20.2. The van der Waals surface area contributed by atoms with Gasteiger partial charge in [-0.05, 0) is 55.8 Å². The first-order valence-electron chi connectivity index (χ1n) is 11.4. The highest BCUT2D eigenvalue weighted by atomic mass is 35.5. The SMILES string of the molecule is CCNC(=O)[C@@H](C)N(Cc1ccc(Cl)cc1Cl)C(=O)CN(c1ccccc1Cl)S(=O)(=O)c1ccccc1. The quantitative estimate of drug-likeness (QED) is 0.347. The molecule has 0 saturated heterocycles. The first-order chi connectivity index (χ1) is 17.6. The number of rotatable bonds is 10. The Bertz CT molecular complexity index is 1370. The number of carbonyl (C=O) groups excluding carboxylic acids is 2. The van der Waals surface area contributed by atoms with Crippen LogP contribution in [0.25, 0.3) is 0 Å². The Kier molecular flexibility index (Phi) is 9.84. The van der Waals surface area contributed by atoms with E-state index in [9.17, 15) is 18.0 Å². The maximum atomic E-state index is 13.8. The van der Waals surface area contributed by atoms with Crippen molar-refractivity contribution in [2.75, 3.05) is 17.4 Å². The number of carbonyl (C=O) groups is 2. The Morgan fingerprint density at radius 1 is 0.919 bits per heavy atom. The van der Waals surface area contributed by atoms with Crippen molar-refractivity contribution in [3.8, 4) is 0 Å². The minimum Gasteiger partial charge on any atom is -0.355 e. The van der Waals surface area contributed by atoms with Crippen molar-refractivity contribution < 1.29 is 18.0 Å². The normalized spacial score (nSPS) is 12.0. The van der Waals surface area contributed by atoms with Crippen LogP contribution in [0.3, 0.4) is 0 Å². The number of nitrogens with zero attached hydrogens (tertiary/aromatic N) is 2. The van der Waals surface area contributed by atoms with Crippen LogP contribution >= 0.6 is 34.8 Å². The number of amides is 2. The Labute approximate surface area is 232 Å². The predicted octanol–water partition coefficient (Wildman–Crippen LogP) is 5.40. The van der Waals surface area contributed by atoms with Gasteiger partial charge in [-0.2, -0.15) is 0 Å². The van der Waals surface area contributed by atoms with Crippen molar-refractivity contribution in [3.05, 3.63) is 93.4 Å². The number of halogens is 3. The summed E-state index contributed by atoms with van der Waals surface area (Å²) in [6, 6.07) is 18.0. The van der Waals surface area contributed by atoms with Gasteiger partial charge in [0.2, 0.25) is 11.8 Å². The van der Waals surface area contributed by atoms with Gasteiger partial charge in [0.15, 0.2) is 0 Å². The number of benzene rings is 3. The van der Waals surface area contributed by atoms with E-state index in [1.54, 1.807) is 56.3 Å². The molecule has 3 aromatic carbocycles. The fraction of sp³-hybridized carbons (Fsp3) is 0.231. The number of sulfonamides is 1. The third-order valence-corrected chi connectivity index (χ3v) is 8.29. The molecule has 0 fully saturated rings. The Balaban J connectivity index is 2.05. The fourth-order valence-electron chi connectivity index (χ4n) is 3.62. The summed E-state index contributed by atoms with van der Waals surface area (Å²) in [7, 11) is -4.19. The average Bonchev–Trinajstić information content (AvgIpc) is 2.87. The summed E-state index contributed by atoms with van der Waals surface area (Å²) in [6.07, 6.45) is 0. The molecule has 0 aliphatic rings. The van der Waals surface area contributed by atoms with Crippen molar-refractivity contribution >= 4 is 62.3 Å². The third-order valence-electron chi connectivity index (χ3n) is 5.61. The summed E-state index contributed by atoms with van der Waals surface area (Å²) >= 11 is 18.7. The van der Waals surface area contributed by atoms with Gasteiger partial charge in [0.1, 0.15) is 12.6 Å². The maximum absolute atomic E-state index is 13.8. The van der Waals surface area contributed by atoms with Gasteiger partial charge in [0.05, 0.1) is 15.6 Å². The maximum Gasteiger partial charge on any atom is 0.264 e. The highest BCUT2D eigenvalue weighted by Crippen LogP contribution is 2.31. The van der Waals surface area contributed by atoms with Crippen LogP contribution in [0.5, 0.6) is 0 Å². The Hall–Kier alpha value is -2.78. The van der Waals surface area contributed by atoms with E-state index in [1.165, 1.54) is 35.2 Å². The van der Waals surface area contributed by atoms with E-state index in [0.29, 0.717) is 22.2 Å². The van der Waals surface area contributed by atoms with Crippen LogP contribution < -0.4 is 9.62 Å². The lowest BCUT2D eigenvalue weighted by Crippen LogP contribution is -2.51. The zero-order valence-corrected chi connectivity index (χ0v) is 23.3. The molecule has 7 nitrogen and oxygen atoms in total. The van der Waals surface area contributed by atoms with Crippen LogP contribution in [0.15, 0.2) is 77.7 Å². The largest absolute Gasteiger partial charge is 0.355 e. The molecule has 0 aliphatic carbocycles. The Morgan fingerprint density at radius 3 is 2.19 bits per heavy atom. The number of para-hydroxylation sites is 1. The van der Waals surface area contributed by atoms with E-state index in [0.717, 1.165) is 4.31 Å². The molecule has 1 atom stereocenters. The highest BCUT2D eigenvalue weighted by Gasteiger charge is 2.33. The van der Waals surface area contributed by atoms with Gasteiger partial charge in [-0.25, -0.2) is 8.42 Å². The summed E-state index contributed by atoms with van der Waals surface area (Å²) in [5.41, 5.74) is 0.683. The first-order valence-corrected chi connectivity index (χ1v) is 14.0. The van der Waals surface area contributed by atoms with Gasteiger partial charge in [0.25, 0.3) is 10.0 Å². The summed E-state index contributed by atoms with van der Waals surface area (Å²) < 4.78 is 28.3. The molecule has 3 aromatic rings. The van der Waals surface area contributed by atoms with Crippen molar-refractivity contribution in [1.82, 2.24) is 10.2 Å². The van der Waals surface area contributed by atoms with Gasteiger partial charge in [-0.3, -0.25) is 13.9 Å². The minimum atomic E-state index is -4.19. The molecular formula is C26H26Cl3N3O4S. The standard InChI is InChI=1S/C26H26Cl3N3O4S/c1-3-30-26(34)18(2)31(16-19-13-14-20(27)15-23(19)29)25(33)17-32(24-12-8-7-11-22(24)28)37(35,36)21-9-5-4-6-10-21/h4-15,18H,3,16-17H2,1-2H3,(H,30,34)/t18-/m1/s1. The van der Waals surface area contributed by atoms with E-state index in [4.69, 9.17) is 34.8 Å². The van der Waals surface area contributed by atoms with Crippen LogP contribution in [0.2, 0.25) is 15.1 Å². The molecule has 196 valence electrons. The number of hydrogen-bond donors (Lipinski definition) is 1. The molecule has 0 heterocycles. The summed E-state index contributed by atoms with van der Waals surface area (Å²) in [4.78, 5) is 27.8. The second kappa shape index (κ2) is 12.6. The van der Waals surface area contributed by atoms with Crippen LogP contribution in [0, 0.1) is 0 Å². The number of nitrogens with one attached hydrogen (secondary N) is 1. The second-order valence-corrected chi connectivity index (χ2v) is 11.2. The van der Waals surface area contributed by atoms with Gasteiger partial charge in [-0.1, -0.05) is 71.2 Å². The summed E-state index contributed by atoms with van der Waals surface area (Å²) in [5.74, 6) is -1.01. The molecule has 0 bridgehead atoms. The summed E-state index contributed by atoms with van der Waals surface area (Å²) in [5, 5.41) is 3.58. The highest BCUT2D eigenvalue weighted by molar-refractivity contribution is 7.92. The predicted molar refractivity (Wildman–Crippen MR) is 148 cm³/mol. The Morgan fingerprint density at radius 2 is 1.57 bits per heavy atom. The lowest BCUT2D eigenvalue weighted by atomic mass is 10.1. The number of likely N-dealkylation sites (N-methyl/N-ethyl adjacent to an activating group) is 1. The molecule has 2 amide bonds. The van der Waals surface area contributed by atoms with E-state index < -0.39 is 34.4 Å². The van der Waals surface area contributed by atoms with Crippen LogP contribution in [-0.2, 0) is 26.2 Å². The van der Waals surface area contributed by atoms with Crippen molar-refractivity contribution in [1.29, 1.82) is 0 Å². The number of hydrogen-bond acceptors (Lipinski definition) is 4. The minimum absolute atomic E-state index is 0.00760.